The Hall–Kier alpha value is -1.81. The Morgan fingerprint density at radius 3 is 3.06 bits per heavy atom. The molecule has 2 rings (SSSR count). The Labute approximate surface area is 100 Å². The highest BCUT2D eigenvalue weighted by Gasteiger charge is 2.00. The van der Waals surface area contributed by atoms with Crippen LogP contribution < -0.4 is 10.6 Å². The summed E-state index contributed by atoms with van der Waals surface area (Å²) in [5.74, 6) is 0.0356. The van der Waals surface area contributed by atoms with E-state index in [0.717, 1.165) is 5.52 Å². The summed E-state index contributed by atoms with van der Waals surface area (Å²) in [7, 11) is 0. The van der Waals surface area contributed by atoms with Gasteiger partial charge in [-0.05, 0) is 30.0 Å². The zero-order valence-electron chi connectivity index (χ0n) is 9.92. The molecule has 1 aromatic carbocycles. The predicted molar refractivity (Wildman–Crippen MR) is 68.7 cm³/mol. The Morgan fingerprint density at radius 2 is 2.24 bits per heavy atom. The fourth-order valence-electron chi connectivity index (χ4n) is 1.78. The minimum atomic E-state index is 0.0356. The Bertz CT molecular complexity index is 504. The topological polar surface area (TPSA) is 56.9 Å². The van der Waals surface area contributed by atoms with Crippen molar-refractivity contribution >= 4 is 16.8 Å². The lowest BCUT2D eigenvalue weighted by Gasteiger charge is -2.05. The largest absolute Gasteiger partial charge is 0.361 e. The number of amides is 1. The number of likely N-dealkylation sites (N-methyl/N-ethyl adjacent to an activating group) is 1. The van der Waals surface area contributed by atoms with E-state index in [1.807, 2.05) is 19.2 Å². The molecule has 1 aromatic heterocycles. The molecule has 0 aliphatic heterocycles. The van der Waals surface area contributed by atoms with Gasteiger partial charge in [0, 0.05) is 24.8 Å². The van der Waals surface area contributed by atoms with Crippen LogP contribution in [0.5, 0.6) is 0 Å². The van der Waals surface area contributed by atoms with E-state index in [4.69, 9.17) is 0 Å². The Kier molecular flexibility index (Phi) is 3.77. The van der Waals surface area contributed by atoms with Gasteiger partial charge in [-0.1, -0.05) is 12.1 Å². The van der Waals surface area contributed by atoms with Gasteiger partial charge in [-0.2, -0.15) is 0 Å². The molecule has 1 heterocycles. The van der Waals surface area contributed by atoms with Crippen LogP contribution in [-0.4, -0.2) is 24.0 Å². The van der Waals surface area contributed by atoms with Gasteiger partial charge in [-0.15, -0.1) is 0 Å². The first kappa shape index (κ1) is 11.7. The van der Waals surface area contributed by atoms with Gasteiger partial charge < -0.3 is 15.6 Å². The van der Waals surface area contributed by atoms with Gasteiger partial charge in [0.2, 0.25) is 5.91 Å². The maximum absolute atomic E-state index is 11.2. The van der Waals surface area contributed by atoms with E-state index in [2.05, 4.69) is 33.8 Å². The monoisotopic (exact) mass is 231 g/mol. The van der Waals surface area contributed by atoms with E-state index >= 15 is 0 Å². The molecular weight excluding hydrogens is 214 g/mol. The number of hydrogen-bond acceptors (Lipinski definition) is 2. The van der Waals surface area contributed by atoms with Crippen LogP contribution in [0.15, 0.2) is 30.5 Å². The van der Waals surface area contributed by atoms with Crippen molar-refractivity contribution in [2.45, 2.75) is 13.5 Å². The van der Waals surface area contributed by atoms with Crippen molar-refractivity contribution in [3.63, 3.8) is 0 Å². The van der Waals surface area contributed by atoms with Crippen LogP contribution in [0.3, 0.4) is 0 Å². The molecule has 0 atom stereocenters. The van der Waals surface area contributed by atoms with Crippen LogP contribution in [0.1, 0.15) is 12.5 Å². The molecule has 2 aromatic rings. The minimum absolute atomic E-state index is 0.0356. The van der Waals surface area contributed by atoms with Crippen molar-refractivity contribution in [3.05, 3.63) is 36.0 Å². The van der Waals surface area contributed by atoms with Crippen molar-refractivity contribution in [2.75, 3.05) is 13.1 Å². The highest BCUT2D eigenvalue weighted by molar-refractivity contribution is 5.80. The summed E-state index contributed by atoms with van der Waals surface area (Å²) in [5.41, 5.74) is 2.30. The number of aromatic amines is 1. The number of benzene rings is 1. The molecule has 0 aliphatic rings. The fourth-order valence-corrected chi connectivity index (χ4v) is 1.78. The first-order valence-corrected chi connectivity index (χ1v) is 5.83. The third-order valence-corrected chi connectivity index (χ3v) is 2.61. The van der Waals surface area contributed by atoms with E-state index in [9.17, 15) is 4.79 Å². The van der Waals surface area contributed by atoms with Gasteiger partial charge in [0.1, 0.15) is 0 Å². The number of fused-ring (bicyclic) bond motifs is 1. The predicted octanol–water partition coefficient (Wildman–Crippen LogP) is 1.39. The summed E-state index contributed by atoms with van der Waals surface area (Å²) in [6, 6.07) is 8.29. The number of aromatic nitrogens is 1. The molecule has 17 heavy (non-hydrogen) atoms. The molecule has 1 amide bonds. The summed E-state index contributed by atoms with van der Waals surface area (Å²) in [6.07, 6.45) is 1.93. The number of H-pyrrole nitrogens is 1. The molecule has 0 spiro atoms. The first-order chi connectivity index (χ1) is 8.29. The zero-order valence-corrected chi connectivity index (χ0v) is 9.92. The number of rotatable bonds is 5. The van der Waals surface area contributed by atoms with Gasteiger partial charge >= 0.3 is 0 Å². The minimum Gasteiger partial charge on any atom is -0.361 e. The molecule has 0 fully saturated rings. The van der Waals surface area contributed by atoms with E-state index in [0.29, 0.717) is 19.6 Å². The standard InChI is InChI=1S/C13H17N3O/c1-2-15-13(17)9-14-8-10-3-4-11-5-6-16-12(11)7-10/h3-7,14,16H,2,8-9H2,1H3,(H,15,17). The molecular formula is C13H17N3O. The van der Waals surface area contributed by atoms with Gasteiger partial charge in [0.15, 0.2) is 0 Å². The first-order valence-electron chi connectivity index (χ1n) is 5.83. The third kappa shape index (κ3) is 3.07. The molecule has 0 saturated heterocycles. The number of hydrogen-bond donors (Lipinski definition) is 3. The van der Waals surface area contributed by atoms with Crippen LogP contribution >= 0.6 is 0 Å². The van der Waals surface area contributed by atoms with Crippen molar-refractivity contribution in [2.24, 2.45) is 0 Å². The molecule has 0 unspecified atom stereocenters. The average molecular weight is 231 g/mol. The van der Waals surface area contributed by atoms with Crippen molar-refractivity contribution < 1.29 is 4.79 Å². The average Bonchev–Trinajstić information content (AvgIpc) is 2.76. The number of carbonyl (C=O) groups is 1. The van der Waals surface area contributed by atoms with E-state index in [1.165, 1.54) is 10.9 Å². The van der Waals surface area contributed by atoms with Crippen LogP contribution in [0, 0.1) is 0 Å². The summed E-state index contributed by atoms with van der Waals surface area (Å²) < 4.78 is 0. The van der Waals surface area contributed by atoms with Crippen LogP contribution in [0.25, 0.3) is 10.9 Å². The van der Waals surface area contributed by atoms with Crippen LogP contribution in [0.4, 0.5) is 0 Å². The molecule has 0 bridgehead atoms. The quantitative estimate of drug-likeness (QED) is 0.728. The van der Waals surface area contributed by atoms with E-state index in [1.54, 1.807) is 0 Å². The molecule has 3 N–H and O–H groups in total. The fraction of sp³-hybridized carbons (Fsp3) is 0.308. The lowest BCUT2D eigenvalue weighted by molar-refractivity contribution is -0.120. The zero-order chi connectivity index (χ0) is 12.1. The Morgan fingerprint density at radius 1 is 1.35 bits per heavy atom. The van der Waals surface area contributed by atoms with Crippen molar-refractivity contribution in [3.8, 4) is 0 Å². The maximum Gasteiger partial charge on any atom is 0.233 e. The van der Waals surface area contributed by atoms with Gasteiger partial charge in [0.05, 0.1) is 6.54 Å². The smallest absolute Gasteiger partial charge is 0.233 e. The van der Waals surface area contributed by atoms with Crippen LogP contribution in [-0.2, 0) is 11.3 Å². The molecule has 0 radical (unpaired) electrons. The molecule has 0 saturated carbocycles. The second kappa shape index (κ2) is 5.50. The van der Waals surface area contributed by atoms with Gasteiger partial charge in [0.25, 0.3) is 0 Å². The second-order valence-corrected chi connectivity index (χ2v) is 3.96. The third-order valence-electron chi connectivity index (χ3n) is 2.61. The number of carbonyl (C=O) groups excluding carboxylic acids is 1. The summed E-state index contributed by atoms with van der Waals surface area (Å²) in [4.78, 5) is 14.4. The van der Waals surface area contributed by atoms with Gasteiger partial charge in [-0.25, -0.2) is 0 Å². The van der Waals surface area contributed by atoms with Crippen molar-refractivity contribution in [1.82, 2.24) is 15.6 Å². The van der Waals surface area contributed by atoms with E-state index in [-0.39, 0.29) is 5.91 Å². The van der Waals surface area contributed by atoms with Crippen LogP contribution in [0.2, 0.25) is 0 Å². The molecule has 0 aliphatic carbocycles. The SMILES string of the molecule is CCNC(=O)CNCc1ccc2cc[nH]c2c1. The summed E-state index contributed by atoms with van der Waals surface area (Å²) in [5, 5.41) is 7.07. The van der Waals surface area contributed by atoms with E-state index < -0.39 is 0 Å². The summed E-state index contributed by atoms with van der Waals surface area (Å²) in [6.45, 7) is 3.65. The highest BCUT2D eigenvalue weighted by atomic mass is 16.1. The maximum atomic E-state index is 11.2. The highest BCUT2D eigenvalue weighted by Crippen LogP contribution is 2.13. The molecule has 4 nitrogen and oxygen atoms in total. The lowest BCUT2D eigenvalue weighted by atomic mass is 10.1. The van der Waals surface area contributed by atoms with Gasteiger partial charge in [-0.3, -0.25) is 4.79 Å². The lowest BCUT2D eigenvalue weighted by Crippen LogP contribution is -2.33. The normalized spacial score (nSPS) is 10.6. The summed E-state index contributed by atoms with van der Waals surface area (Å²) >= 11 is 0. The van der Waals surface area contributed by atoms with Crippen molar-refractivity contribution in [1.29, 1.82) is 0 Å². The second-order valence-electron chi connectivity index (χ2n) is 3.96. The number of nitrogens with one attached hydrogen (secondary N) is 3. The molecule has 90 valence electrons. The Balaban J connectivity index is 1.88. The molecule has 4 heteroatoms.